The van der Waals surface area contributed by atoms with E-state index in [0.29, 0.717) is 12.1 Å². The van der Waals surface area contributed by atoms with Crippen LogP contribution in [0.2, 0.25) is 0 Å². The van der Waals surface area contributed by atoms with Crippen LogP contribution in [-0.4, -0.2) is 46.5 Å². The molecule has 27 heavy (non-hydrogen) atoms. The number of likely N-dealkylation sites (tertiary alicyclic amines) is 1. The smallest absolute Gasteiger partial charge is 0.253 e. The molecule has 1 saturated heterocycles. The van der Waals surface area contributed by atoms with Gasteiger partial charge in [-0.2, -0.15) is 0 Å². The van der Waals surface area contributed by atoms with E-state index in [0.717, 1.165) is 41.9 Å². The number of nitrogens with zero attached hydrogens (tertiary/aromatic N) is 3. The van der Waals surface area contributed by atoms with Crippen molar-refractivity contribution in [2.75, 3.05) is 26.2 Å². The van der Waals surface area contributed by atoms with Gasteiger partial charge in [0, 0.05) is 25.2 Å². The molecular weight excluding hydrogens is 336 g/mol. The van der Waals surface area contributed by atoms with Crippen molar-refractivity contribution in [3.8, 4) is 11.4 Å². The Morgan fingerprint density at radius 3 is 2.63 bits per heavy atom. The molecule has 0 radical (unpaired) electrons. The molecule has 1 aromatic heterocycles. The van der Waals surface area contributed by atoms with Crippen molar-refractivity contribution in [2.45, 2.75) is 25.8 Å². The summed E-state index contributed by atoms with van der Waals surface area (Å²) in [6.45, 7) is 5.01. The van der Waals surface area contributed by atoms with Gasteiger partial charge < -0.3 is 14.8 Å². The Balaban J connectivity index is 1.45. The quantitative estimate of drug-likeness (QED) is 0.778. The predicted octanol–water partition coefficient (Wildman–Crippen LogP) is 3.09. The van der Waals surface area contributed by atoms with E-state index in [1.165, 1.54) is 31.5 Å². The molecule has 0 spiro atoms. The number of carbonyl (C=O) groups is 1. The monoisotopic (exact) mass is 360 g/mol. The molecular formula is C22H24N4O. The van der Waals surface area contributed by atoms with Crippen molar-refractivity contribution in [3.05, 3.63) is 53.6 Å². The van der Waals surface area contributed by atoms with Gasteiger partial charge in [0.15, 0.2) is 0 Å². The summed E-state index contributed by atoms with van der Waals surface area (Å²) in [5.41, 5.74) is 5.02. The van der Waals surface area contributed by atoms with Crippen LogP contribution in [-0.2, 0) is 13.0 Å². The zero-order valence-electron chi connectivity index (χ0n) is 15.4. The van der Waals surface area contributed by atoms with Crippen molar-refractivity contribution in [1.82, 2.24) is 19.8 Å². The maximum atomic E-state index is 12.3. The Kier molecular flexibility index (Phi) is 4.17. The number of para-hydroxylation sites is 1. The Bertz CT molecular complexity index is 983. The third-order valence-electron chi connectivity index (χ3n) is 5.76. The minimum absolute atomic E-state index is 0.0111. The van der Waals surface area contributed by atoms with Crippen LogP contribution in [0.1, 0.15) is 28.8 Å². The number of benzene rings is 2. The molecule has 0 atom stereocenters. The van der Waals surface area contributed by atoms with E-state index in [9.17, 15) is 4.79 Å². The molecule has 2 aromatic carbocycles. The molecule has 138 valence electrons. The molecule has 0 bridgehead atoms. The fraction of sp³-hybridized carbons (Fsp3) is 0.364. The van der Waals surface area contributed by atoms with Gasteiger partial charge in [0.1, 0.15) is 5.82 Å². The molecule has 2 aliphatic rings. The van der Waals surface area contributed by atoms with E-state index in [1.54, 1.807) is 0 Å². The standard InChI is InChI=1S/C22H24N4O/c27-22-18-4-3-5-19-20(18)26(15-11-23-22)21(24-19)17-8-6-16(7-9-17)10-14-25-12-1-2-13-25/h3-9H,1-2,10-15H2,(H,23,27). The maximum Gasteiger partial charge on any atom is 0.253 e. The van der Waals surface area contributed by atoms with Crippen molar-refractivity contribution < 1.29 is 4.79 Å². The number of rotatable bonds is 4. The number of carbonyl (C=O) groups excluding carboxylic acids is 1. The molecule has 3 aromatic rings. The van der Waals surface area contributed by atoms with E-state index < -0.39 is 0 Å². The van der Waals surface area contributed by atoms with Gasteiger partial charge in [-0.05, 0) is 50.0 Å². The topological polar surface area (TPSA) is 50.2 Å². The summed E-state index contributed by atoms with van der Waals surface area (Å²) in [4.78, 5) is 19.7. The summed E-state index contributed by atoms with van der Waals surface area (Å²) < 4.78 is 2.18. The lowest BCUT2D eigenvalue weighted by Crippen LogP contribution is -2.24. The summed E-state index contributed by atoms with van der Waals surface area (Å²) in [5, 5.41) is 2.98. The van der Waals surface area contributed by atoms with Crippen LogP contribution in [0.5, 0.6) is 0 Å². The van der Waals surface area contributed by atoms with Crippen molar-refractivity contribution in [3.63, 3.8) is 0 Å². The first-order chi connectivity index (χ1) is 13.3. The molecule has 5 rings (SSSR count). The van der Waals surface area contributed by atoms with Crippen LogP contribution >= 0.6 is 0 Å². The minimum Gasteiger partial charge on any atom is -0.350 e. The Morgan fingerprint density at radius 1 is 1.00 bits per heavy atom. The van der Waals surface area contributed by atoms with Gasteiger partial charge >= 0.3 is 0 Å². The molecule has 1 amide bonds. The van der Waals surface area contributed by atoms with E-state index in [-0.39, 0.29) is 5.91 Å². The highest BCUT2D eigenvalue weighted by atomic mass is 16.1. The number of nitrogens with one attached hydrogen (secondary N) is 1. The lowest BCUT2D eigenvalue weighted by molar-refractivity contribution is 0.0956. The fourth-order valence-electron chi connectivity index (χ4n) is 4.30. The third-order valence-corrected chi connectivity index (χ3v) is 5.76. The van der Waals surface area contributed by atoms with Crippen LogP contribution in [0.25, 0.3) is 22.4 Å². The maximum absolute atomic E-state index is 12.3. The lowest BCUT2D eigenvalue weighted by atomic mass is 10.1. The molecule has 0 saturated carbocycles. The largest absolute Gasteiger partial charge is 0.350 e. The summed E-state index contributed by atoms with van der Waals surface area (Å²) in [6.07, 6.45) is 3.78. The Labute approximate surface area is 159 Å². The summed E-state index contributed by atoms with van der Waals surface area (Å²) >= 11 is 0. The molecule has 1 fully saturated rings. The number of aromatic nitrogens is 2. The zero-order valence-corrected chi connectivity index (χ0v) is 15.4. The van der Waals surface area contributed by atoms with Crippen LogP contribution < -0.4 is 5.32 Å². The van der Waals surface area contributed by atoms with Crippen molar-refractivity contribution in [2.24, 2.45) is 0 Å². The second-order valence-corrected chi connectivity index (χ2v) is 7.51. The van der Waals surface area contributed by atoms with Crippen LogP contribution in [0.4, 0.5) is 0 Å². The number of amides is 1. The summed E-state index contributed by atoms with van der Waals surface area (Å²) in [5.74, 6) is 0.933. The second-order valence-electron chi connectivity index (χ2n) is 7.51. The highest BCUT2D eigenvalue weighted by Crippen LogP contribution is 2.28. The molecule has 1 N–H and O–H groups in total. The van der Waals surface area contributed by atoms with Crippen LogP contribution in [0.3, 0.4) is 0 Å². The fourth-order valence-corrected chi connectivity index (χ4v) is 4.30. The van der Waals surface area contributed by atoms with Crippen molar-refractivity contribution >= 4 is 16.9 Å². The van der Waals surface area contributed by atoms with Gasteiger partial charge in [-0.15, -0.1) is 0 Å². The van der Waals surface area contributed by atoms with Gasteiger partial charge in [0.25, 0.3) is 5.91 Å². The van der Waals surface area contributed by atoms with Gasteiger partial charge in [0.05, 0.1) is 16.6 Å². The first-order valence-electron chi connectivity index (χ1n) is 9.89. The predicted molar refractivity (Wildman–Crippen MR) is 107 cm³/mol. The lowest BCUT2D eigenvalue weighted by Gasteiger charge is -2.14. The summed E-state index contributed by atoms with van der Waals surface area (Å²) in [6, 6.07) is 14.6. The normalized spacial score (nSPS) is 17.3. The van der Waals surface area contributed by atoms with E-state index in [4.69, 9.17) is 4.98 Å². The van der Waals surface area contributed by atoms with E-state index >= 15 is 0 Å². The Hall–Kier alpha value is -2.66. The number of hydrogen-bond acceptors (Lipinski definition) is 3. The zero-order chi connectivity index (χ0) is 18.2. The number of hydrogen-bond donors (Lipinski definition) is 1. The second kappa shape index (κ2) is 6.82. The van der Waals surface area contributed by atoms with Gasteiger partial charge in [-0.1, -0.05) is 30.3 Å². The molecule has 3 heterocycles. The van der Waals surface area contributed by atoms with Crippen LogP contribution in [0.15, 0.2) is 42.5 Å². The molecule has 2 aliphatic heterocycles. The first-order valence-corrected chi connectivity index (χ1v) is 9.89. The van der Waals surface area contributed by atoms with Gasteiger partial charge in [-0.3, -0.25) is 4.79 Å². The molecule has 5 heteroatoms. The van der Waals surface area contributed by atoms with Gasteiger partial charge in [-0.25, -0.2) is 4.98 Å². The highest BCUT2D eigenvalue weighted by Gasteiger charge is 2.21. The minimum atomic E-state index is -0.0111. The molecule has 5 nitrogen and oxygen atoms in total. The Morgan fingerprint density at radius 2 is 1.81 bits per heavy atom. The van der Waals surface area contributed by atoms with E-state index in [1.807, 2.05) is 18.2 Å². The van der Waals surface area contributed by atoms with Gasteiger partial charge in [0.2, 0.25) is 0 Å². The average molecular weight is 360 g/mol. The first kappa shape index (κ1) is 16.5. The molecule has 0 aliphatic carbocycles. The third kappa shape index (κ3) is 3.02. The highest BCUT2D eigenvalue weighted by molar-refractivity contribution is 6.06. The van der Waals surface area contributed by atoms with E-state index in [2.05, 4.69) is 39.0 Å². The number of imidazole rings is 1. The van der Waals surface area contributed by atoms with Crippen molar-refractivity contribution in [1.29, 1.82) is 0 Å². The SMILES string of the molecule is O=C1NCCn2c(-c3ccc(CCN4CCCC4)cc3)nc3cccc1c32. The molecule has 0 unspecified atom stereocenters. The average Bonchev–Trinajstić information content (AvgIpc) is 3.30. The van der Waals surface area contributed by atoms with Crippen LogP contribution in [0, 0.1) is 0 Å². The summed E-state index contributed by atoms with van der Waals surface area (Å²) in [7, 11) is 0.